The first-order valence-electron chi connectivity index (χ1n) is 6.86. The summed E-state index contributed by atoms with van der Waals surface area (Å²) in [4.78, 5) is 11.7. The van der Waals surface area contributed by atoms with Crippen LogP contribution in [0.1, 0.15) is 34.1 Å². The van der Waals surface area contributed by atoms with Crippen molar-refractivity contribution < 1.29 is 27.9 Å². The summed E-state index contributed by atoms with van der Waals surface area (Å²) in [6, 6.07) is 0. The zero-order valence-corrected chi connectivity index (χ0v) is 13.8. The third-order valence-electron chi connectivity index (χ3n) is 2.45. The molecular formula is C13H26O6Si. The molecule has 0 aliphatic heterocycles. The number of carbonyl (C=O) groups is 1. The van der Waals surface area contributed by atoms with Crippen molar-refractivity contribution >= 4 is 14.8 Å². The Kier molecular flexibility index (Phi) is 9.69. The Balaban J connectivity index is 5.16. The predicted octanol–water partition coefficient (Wildman–Crippen LogP) is 1.44. The molecule has 0 radical (unpaired) electrons. The molecule has 0 aliphatic carbocycles. The second-order valence-electron chi connectivity index (χ2n) is 4.12. The highest BCUT2D eigenvalue weighted by Crippen LogP contribution is 2.21. The van der Waals surface area contributed by atoms with E-state index in [-0.39, 0.29) is 13.2 Å². The van der Waals surface area contributed by atoms with Gasteiger partial charge in [0.2, 0.25) is 0 Å². The van der Waals surface area contributed by atoms with Gasteiger partial charge < -0.3 is 23.1 Å². The van der Waals surface area contributed by atoms with Gasteiger partial charge in [0.1, 0.15) is 0 Å². The van der Waals surface area contributed by atoms with Gasteiger partial charge in [-0.1, -0.05) is 13.5 Å². The Labute approximate surface area is 122 Å². The lowest BCUT2D eigenvalue weighted by Crippen LogP contribution is -2.58. The summed E-state index contributed by atoms with van der Waals surface area (Å²) in [5.74, 6) is -0.499. The van der Waals surface area contributed by atoms with E-state index in [1.165, 1.54) is 0 Å². The maximum absolute atomic E-state index is 11.7. The number of hydrogen-bond acceptors (Lipinski definition) is 6. The summed E-state index contributed by atoms with van der Waals surface area (Å²) in [6.45, 7) is 11.3. The van der Waals surface area contributed by atoms with E-state index < -0.39 is 20.5 Å². The minimum atomic E-state index is -3.20. The van der Waals surface area contributed by atoms with E-state index >= 15 is 0 Å². The molecular weight excluding hydrogens is 280 g/mol. The highest BCUT2D eigenvalue weighted by atomic mass is 28.4. The molecule has 1 unspecified atom stereocenters. The first kappa shape index (κ1) is 19.3. The molecule has 0 aromatic carbocycles. The van der Waals surface area contributed by atoms with E-state index in [9.17, 15) is 4.79 Å². The van der Waals surface area contributed by atoms with Crippen molar-refractivity contribution in [1.82, 2.24) is 0 Å². The van der Waals surface area contributed by atoms with Gasteiger partial charge in [-0.2, -0.15) is 0 Å². The molecule has 1 N–H and O–H groups in total. The molecule has 0 aromatic heterocycles. The minimum Gasteiger partial charge on any atom is -0.454 e. The number of aliphatic hydroxyl groups excluding tert-OH is 1. The number of rotatable bonds is 11. The Morgan fingerprint density at radius 3 is 2.10 bits per heavy atom. The summed E-state index contributed by atoms with van der Waals surface area (Å²) < 4.78 is 22.4. The van der Waals surface area contributed by atoms with Crippen LogP contribution in [0.4, 0.5) is 0 Å². The molecule has 0 bridgehead atoms. The molecule has 0 spiro atoms. The Hall–Kier alpha value is -0.733. The molecule has 0 amide bonds. The highest BCUT2D eigenvalue weighted by Gasteiger charge is 2.51. The van der Waals surface area contributed by atoms with Crippen molar-refractivity contribution in [3.63, 3.8) is 0 Å². The molecule has 0 heterocycles. The fraction of sp³-hybridized carbons (Fsp3) is 0.769. The third-order valence-corrected chi connectivity index (χ3v) is 5.75. The summed E-state index contributed by atoms with van der Waals surface area (Å²) >= 11 is 0. The van der Waals surface area contributed by atoms with Crippen LogP contribution >= 0.6 is 0 Å². The number of hydrogen-bond donors (Lipinski definition) is 1. The first-order chi connectivity index (χ1) is 9.47. The lowest BCUT2D eigenvalue weighted by molar-refractivity contribution is -0.144. The van der Waals surface area contributed by atoms with E-state index in [1.54, 1.807) is 6.92 Å². The molecule has 0 saturated carbocycles. The van der Waals surface area contributed by atoms with Crippen LogP contribution in [-0.2, 0) is 22.8 Å². The molecule has 0 rings (SSSR count). The van der Waals surface area contributed by atoms with Gasteiger partial charge in [0.05, 0.1) is 13.2 Å². The molecule has 20 heavy (non-hydrogen) atoms. The summed E-state index contributed by atoms with van der Waals surface area (Å²) in [7, 11) is -3.20. The van der Waals surface area contributed by atoms with E-state index in [2.05, 4.69) is 6.58 Å². The van der Waals surface area contributed by atoms with Gasteiger partial charge in [-0.15, -0.1) is 0 Å². The highest BCUT2D eigenvalue weighted by molar-refractivity contribution is 6.62. The Bertz CT molecular complexity index is 301. The van der Waals surface area contributed by atoms with Crippen LogP contribution in [0.15, 0.2) is 12.2 Å². The smallest absolute Gasteiger partial charge is 0.454 e. The molecule has 0 aromatic rings. The van der Waals surface area contributed by atoms with Crippen LogP contribution < -0.4 is 0 Å². The number of ether oxygens (including phenoxy) is 1. The zero-order chi connectivity index (χ0) is 15.6. The maximum atomic E-state index is 11.7. The Morgan fingerprint density at radius 2 is 1.75 bits per heavy atom. The van der Waals surface area contributed by atoms with Crippen molar-refractivity contribution in [3.8, 4) is 0 Å². The van der Waals surface area contributed by atoms with Crippen LogP contribution in [-0.4, -0.2) is 52.0 Å². The molecule has 0 fully saturated rings. The first-order valence-corrected chi connectivity index (χ1v) is 8.66. The van der Waals surface area contributed by atoms with Gasteiger partial charge in [0.15, 0.2) is 5.73 Å². The van der Waals surface area contributed by atoms with Gasteiger partial charge in [-0.3, -0.25) is 0 Å². The number of aliphatic hydroxyl groups is 1. The fourth-order valence-electron chi connectivity index (χ4n) is 1.63. The summed E-state index contributed by atoms with van der Waals surface area (Å²) in [5, 5.41) is 8.95. The normalized spacial score (nSPS) is 13.1. The SMILES string of the molecule is C=C(C)C(=O)OC(CC)[Si](OCC)(OCC)OCCO. The molecule has 0 aliphatic rings. The monoisotopic (exact) mass is 306 g/mol. The van der Waals surface area contributed by atoms with Gasteiger partial charge in [-0.05, 0) is 27.2 Å². The van der Waals surface area contributed by atoms with Gasteiger partial charge in [0, 0.05) is 18.8 Å². The second kappa shape index (κ2) is 10.1. The third kappa shape index (κ3) is 5.72. The lowest BCUT2D eigenvalue weighted by Gasteiger charge is -2.34. The van der Waals surface area contributed by atoms with Crippen molar-refractivity contribution in [2.75, 3.05) is 26.4 Å². The molecule has 0 saturated heterocycles. The van der Waals surface area contributed by atoms with E-state index in [0.29, 0.717) is 25.2 Å². The topological polar surface area (TPSA) is 74.2 Å². The second-order valence-corrected chi connectivity index (χ2v) is 6.84. The standard InChI is InChI=1S/C13H26O6Si/c1-6-12(19-13(15)11(4)5)20(16-7-2,17-8-3)18-10-9-14/h12,14H,4,6-10H2,1-3,5H3. The predicted molar refractivity (Wildman–Crippen MR) is 77.0 cm³/mol. The van der Waals surface area contributed by atoms with Crippen LogP contribution in [0.5, 0.6) is 0 Å². The van der Waals surface area contributed by atoms with Crippen LogP contribution in [0, 0.1) is 0 Å². The van der Waals surface area contributed by atoms with Crippen LogP contribution in [0.3, 0.4) is 0 Å². The average molecular weight is 306 g/mol. The lowest BCUT2D eigenvalue weighted by atomic mass is 10.4. The molecule has 118 valence electrons. The van der Waals surface area contributed by atoms with Crippen molar-refractivity contribution in [2.45, 2.75) is 39.8 Å². The number of carbonyl (C=O) groups excluding carboxylic acids is 1. The quantitative estimate of drug-likeness (QED) is 0.354. The fourth-order valence-corrected chi connectivity index (χ4v) is 4.37. The van der Waals surface area contributed by atoms with Gasteiger partial charge >= 0.3 is 14.8 Å². The van der Waals surface area contributed by atoms with Crippen molar-refractivity contribution in [2.24, 2.45) is 0 Å². The van der Waals surface area contributed by atoms with Gasteiger partial charge in [-0.25, -0.2) is 4.79 Å². The summed E-state index contributed by atoms with van der Waals surface area (Å²) in [6.07, 6.45) is 0.497. The molecule has 7 heteroatoms. The summed E-state index contributed by atoms with van der Waals surface area (Å²) in [5.41, 5.74) is -0.306. The number of esters is 1. The molecule has 6 nitrogen and oxygen atoms in total. The van der Waals surface area contributed by atoms with E-state index in [1.807, 2.05) is 20.8 Å². The average Bonchev–Trinajstić information content (AvgIpc) is 2.42. The van der Waals surface area contributed by atoms with Gasteiger partial charge in [0.25, 0.3) is 0 Å². The minimum absolute atomic E-state index is 0.0767. The van der Waals surface area contributed by atoms with Crippen molar-refractivity contribution in [1.29, 1.82) is 0 Å². The van der Waals surface area contributed by atoms with Crippen LogP contribution in [0.25, 0.3) is 0 Å². The van der Waals surface area contributed by atoms with E-state index in [4.69, 9.17) is 23.1 Å². The maximum Gasteiger partial charge on any atom is 0.544 e. The van der Waals surface area contributed by atoms with Crippen LogP contribution in [0.2, 0.25) is 0 Å². The Morgan fingerprint density at radius 1 is 1.20 bits per heavy atom. The molecule has 1 atom stereocenters. The van der Waals surface area contributed by atoms with E-state index in [0.717, 1.165) is 0 Å². The van der Waals surface area contributed by atoms with Crippen molar-refractivity contribution in [3.05, 3.63) is 12.2 Å². The largest absolute Gasteiger partial charge is 0.544 e. The zero-order valence-electron chi connectivity index (χ0n) is 12.8.